The normalized spacial score (nSPS) is 9.73. The van der Waals surface area contributed by atoms with Crippen LogP contribution in [0.15, 0.2) is 30.9 Å². The molecule has 0 aromatic heterocycles. The molecule has 22 heavy (non-hydrogen) atoms. The average molecular weight is 305 g/mol. The zero-order chi connectivity index (χ0) is 16.5. The van der Waals surface area contributed by atoms with Gasteiger partial charge in [-0.05, 0) is 25.0 Å². The Morgan fingerprint density at radius 2 is 1.86 bits per heavy atom. The molecule has 0 spiro atoms. The predicted molar refractivity (Wildman–Crippen MR) is 80.8 cm³/mol. The van der Waals surface area contributed by atoms with Gasteiger partial charge in [0.25, 0.3) is 5.91 Å². The monoisotopic (exact) mass is 305 g/mol. The quantitative estimate of drug-likeness (QED) is 0.361. The highest BCUT2D eigenvalue weighted by Gasteiger charge is 2.19. The third kappa shape index (κ3) is 5.40. The number of para-hydroxylation sites is 1. The van der Waals surface area contributed by atoms with Gasteiger partial charge in [0.15, 0.2) is 11.5 Å². The number of rotatable bonds is 7. The van der Waals surface area contributed by atoms with Gasteiger partial charge >= 0.3 is 11.9 Å². The number of unbranched alkanes of at least 4 members (excludes halogenated alkanes) is 1. The molecule has 0 atom stereocenters. The van der Waals surface area contributed by atoms with E-state index in [2.05, 4.69) is 11.9 Å². The molecule has 0 heterocycles. The number of allylic oxidation sites excluding steroid dienone is 1. The van der Waals surface area contributed by atoms with E-state index in [0.717, 1.165) is 12.8 Å². The molecule has 0 aliphatic heterocycles. The van der Waals surface area contributed by atoms with Crippen LogP contribution in [0, 0.1) is 0 Å². The van der Waals surface area contributed by atoms with Gasteiger partial charge in [-0.2, -0.15) is 0 Å². The topological polar surface area (TPSA) is 81.7 Å². The molecule has 1 rings (SSSR count). The molecule has 0 aliphatic rings. The third-order valence-corrected chi connectivity index (χ3v) is 2.59. The highest BCUT2D eigenvalue weighted by molar-refractivity contribution is 5.98. The van der Waals surface area contributed by atoms with E-state index in [-0.39, 0.29) is 17.1 Å². The lowest BCUT2D eigenvalue weighted by molar-refractivity contribution is -0.134. The van der Waals surface area contributed by atoms with Crippen LogP contribution in [0.5, 0.6) is 11.5 Å². The summed E-state index contributed by atoms with van der Waals surface area (Å²) in [6.45, 7) is 6.49. The molecule has 0 unspecified atom stereocenters. The van der Waals surface area contributed by atoms with Gasteiger partial charge < -0.3 is 14.8 Å². The molecule has 1 aromatic carbocycles. The summed E-state index contributed by atoms with van der Waals surface area (Å²) in [4.78, 5) is 34.5. The van der Waals surface area contributed by atoms with Crippen molar-refractivity contribution in [3.63, 3.8) is 0 Å². The summed E-state index contributed by atoms with van der Waals surface area (Å²) in [7, 11) is 0. The maximum absolute atomic E-state index is 12.2. The number of hydrogen-bond donors (Lipinski definition) is 1. The van der Waals surface area contributed by atoms with E-state index < -0.39 is 17.8 Å². The van der Waals surface area contributed by atoms with Crippen molar-refractivity contribution < 1.29 is 23.9 Å². The van der Waals surface area contributed by atoms with Crippen molar-refractivity contribution in [2.45, 2.75) is 26.7 Å². The number of ether oxygens (including phenoxy) is 2. The van der Waals surface area contributed by atoms with Crippen LogP contribution in [0.25, 0.3) is 0 Å². The fraction of sp³-hybridized carbons (Fsp3) is 0.312. The second-order valence-electron chi connectivity index (χ2n) is 4.51. The third-order valence-electron chi connectivity index (χ3n) is 2.59. The Bertz CT molecular complexity index is 580. The van der Waals surface area contributed by atoms with Gasteiger partial charge in [0.1, 0.15) is 0 Å². The number of carbonyl (C=O) groups is 3. The summed E-state index contributed by atoms with van der Waals surface area (Å²) in [5.41, 5.74) is 0.132. The van der Waals surface area contributed by atoms with Crippen LogP contribution in [-0.4, -0.2) is 24.4 Å². The van der Waals surface area contributed by atoms with Gasteiger partial charge in [0.2, 0.25) is 0 Å². The minimum absolute atomic E-state index is 0.0291. The first kappa shape index (κ1) is 17.4. The molecule has 6 nitrogen and oxygen atoms in total. The van der Waals surface area contributed by atoms with Crippen molar-refractivity contribution in [1.29, 1.82) is 0 Å². The first-order chi connectivity index (χ1) is 10.5. The van der Waals surface area contributed by atoms with Crippen molar-refractivity contribution in [1.82, 2.24) is 5.32 Å². The van der Waals surface area contributed by atoms with Crippen molar-refractivity contribution in [3.05, 3.63) is 36.4 Å². The summed E-state index contributed by atoms with van der Waals surface area (Å²) >= 11 is 0. The van der Waals surface area contributed by atoms with Crippen molar-refractivity contribution in [2.75, 3.05) is 6.54 Å². The van der Waals surface area contributed by atoms with Gasteiger partial charge in [0, 0.05) is 20.4 Å². The molecule has 0 aliphatic carbocycles. The molecule has 0 saturated carbocycles. The van der Waals surface area contributed by atoms with E-state index in [1.165, 1.54) is 26.0 Å². The molecule has 0 fully saturated rings. The zero-order valence-corrected chi connectivity index (χ0v) is 12.7. The van der Waals surface area contributed by atoms with Crippen LogP contribution >= 0.6 is 0 Å². The standard InChI is InChI=1S/C16H19NO5/c1-4-5-6-10-17-16(20)13-8-7-9-14(21-11(2)18)15(13)22-12(3)19/h4,7-9H,1,5-6,10H2,2-3H3,(H,17,20). The summed E-state index contributed by atoms with van der Waals surface area (Å²) in [6, 6.07) is 4.49. The molecular formula is C16H19NO5. The number of amides is 1. The minimum Gasteiger partial charge on any atom is -0.423 e. The van der Waals surface area contributed by atoms with Gasteiger partial charge in [-0.15, -0.1) is 6.58 Å². The minimum atomic E-state index is -0.611. The molecule has 6 heteroatoms. The van der Waals surface area contributed by atoms with Crippen molar-refractivity contribution >= 4 is 17.8 Å². The van der Waals surface area contributed by atoms with E-state index in [9.17, 15) is 14.4 Å². The van der Waals surface area contributed by atoms with Crippen molar-refractivity contribution in [2.24, 2.45) is 0 Å². The SMILES string of the molecule is C=CCCCNC(=O)c1cccc(OC(C)=O)c1OC(C)=O. The fourth-order valence-corrected chi connectivity index (χ4v) is 1.72. The summed E-state index contributed by atoms with van der Waals surface area (Å²) in [6.07, 6.45) is 3.30. The lowest BCUT2D eigenvalue weighted by Gasteiger charge is -2.13. The van der Waals surface area contributed by atoms with Crippen LogP contribution in [0.2, 0.25) is 0 Å². The largest absolute Gasteiger partial charge is 0.423 e. The number of esters is 2. The van der Waals surface area contributed by atoms with E-state index >= 15 is 0 Å². The van der Waals surface area contributed by atoms with Gasteiger partial charge in [0.05, 0.1) is 5.56 Å². The van der Waals surface area contributed by atoms with Crippen LogP contribution in [0.4, 0.5) is 0 Å². The van der Waals surface area contributed by atoms with Gasteiger partial charge in [-0.3, -0.25) is 14.4 Å². The Hall–Kier alpha value is -2.63. The van der Waals surface area contributed by atoms with Crippen molar-refractivity contribution in [3.8, 4) is 11.5 Å². The predicted octanol–water partition coefficient (Wildman–Crippen LogP) is 2.23. The molecular weight excluding hydrogens is 286 g/mol. The van der Waals surface area contributed by atoms with E-state index in [0.29, 0.717) is 6.54 Å². The molecule has 1 amide bonds. The second-order valence-corrected chi connectivity index (χ2v) is 4.51. The highest BCUT2D eigenvalue weighted by Crippen LogP contribution is 2.31. The Kier molecular flexibility index (Phi) is 6.82. The van der Waals surface area contributed by atoms with Gasteiger partial charge in [-0.1, -0.05) is 12.1 Å². The van der Waals surface area contributed by atoms with E-state index in [1.54, 1.807) is 12.1 Å². The van der Waals surface area contributed by atoms with E-state index in [4.69, 9.17) is 9.47 Å². The molecule has 0 bridgehead atoms. The first-order valence-corrected chi connectivity index (χ1v) is 6.84. The summed E-state index contributed by atoms with van der Waals surface area (Å²) < 4.78 is 10.0. The lowest BCUT2D eigenvalue weighted by atomic mass is 10.1. The highest BCUT2D eigenvalue weighted by atomic mass is 16.6. The van der Waals surface area contributed by atoms with E-state index in [1.807, 2.05) is 0 Å². The Morgan fingerprint density at radius 3 is 2.45 bits per heavy atom. The number of hydrogen-bond acceptors (Lipinski definition) is 5. The summed E-state index contributed by atoms with van der Waals surface area (Å²) in [5, 5.41) is 2.71. The fourth-order valence-electron chi connectivity index (χ4n) is 1.72. The molecule has 118 valence electrons. The lowest BCUT2D eigenvalue weighted by Crippen LogP contribution is -2.25. The Morgan fingerprint density at radius 1 is 1.18 bits per heavy atom. The van der Waals surface area contributed by atoms with Crippen LogP contribution in [0.1, 0.15) is 37.0 Å². The first-order valence-electron chi connectivity index (χ1n) is 6.84. The molecule has 1 aromatic rings. The maximum Gasteiger partial charge on any atom is 0.308 e. The number of nitrogens with one attached hydrogen (secondary N) is 1. The Balaban J connectivity index is 3.00. The average Bonchev–Trinajstić information content (AvgIpc) is 2.44. The van der Waals surface area contributed by atoms with Crippen LogP contribution in [0.3, 0.4) is 0 Å². The second kappa shape index (κ2) is 8.61. The maximum atomic E-state index is 12.2. The Labute approximate surface area is 129 Å². The molecule has 0 radical (unpaired) electrons. The van der Waals surface area contributed by atoms with Crippen LogP contribution in [-0.2, 0) is 9.59 Å². The zero-order valence-electron chi connectivity index (χ0n) is 12.7. The number of benzene rings is 1. The van der Waals surface area contributed by atoms with Gasteiger partial charge in [-0.25, -0.2) is 0 Å². The number of carbonyl (C=O) groups excluding carboxylic acids is 3. The smallest absolute Gasteiger partial charge is 0.308 e. The summed E-state index contributed by atoms with van der Waals surface area (Å²) in [5.74, 6) is -1.63. The van der Waals surface area contributed by atoms with Crippen LogP contribution < -0.4 is 14.8 Å². The molecule has 1 N–H and O–H groups in total. The molecule has 0 saturated heterocycles.